The summed E-state index contributed by atoms with van der Waals surface area (Å²) >= 11 is 2.95. The smallest absolute Gasteiger partial charge is 0.270 e. The van der Waals surface area contributed by atoms with Gasteiger partial charge in [0.15, 0.2) is 0 Å². The lowest BCUT2D eigenvalue weighted by atomic mass is 10.2. The Kier molecular flexibility index (Phi) is 8.41. The molecule has 0 radical (unpaired) electrons. The van der Waals surface area contributed by atoms with Crippen LogP contribution in [0.2, 0.25) is 0 Å². The lowest BCUT2D eigenvalue weighted by Crippen LogP contribution is -2.26. The zero-order valence-corrected chi connectivity index (χ0v) is 19.5. The molecule has 2 aromatic heterocycles. The predicted octanol–water partition coefficient (Wildman–Crippen LogP) is 3.24. The second-order valence-corrected chi connectivity index (χ2v) is 11.0. The molecule has 0 saturated heterocycles. The third-order valence-corrected chi connectivity index (χ3v) is 7.06. The van der Waals surface area contributed by atoms with E-state index in [0.29, 0.717) is 41.7 Å². The molecule has 1 aromatic carbocycles. The predicted molar refractivity (Wildman–Crippen MR) is 127 cm³/mol. The van der Waals surface area contributed by atoms with Gasteiger partial charge in [0.25, 0.3) is 11.8 Å². The largest absolute Gasteiger partial charge is 0.352 e. The summed E-state index contributed by atoms with van der Waals surface area (Å²) in [5.74, 6) is 0.899. The number of nitrogens with one attached hydrogen (secondary N) is 2. The average molecular weight is 462 g/mol. The van der Waals surface area contributed by atoms with Crippen LogP contribution in [0.25, 0.3) is 10.7 Å². The molecular weight excluding hydrogens is 436 g/mol. The Labute approximate surface area is 187 Å². The number of carbonyl (C=O) groups excluding carboxylic acids is 2. The van der Waals surface area contributed by atoms with Crippen LogP contribution in [0.5, 0.6) is 0 Å². The molecule has 9 heteroatoms. The summed E-state index contributed by atoms with van der Waals surface area (Å²) in [4.78, 5) is 33.4. The van der Waals surface area contributed by atoms with Crippen molar-refractivity contribution >= 4 is 45.4 Å². The number of nitrogens with zero attached hydrogens (tertiary/aromatic N) is 2. The van der Waals surface area contributed by atoms with Crippen LogP contribution >= 0.6 is 22.7 Å². The number of rotatable bonds is 10. The molecule has 6 nitrogen and oxygen atoms in total. The highest BCUT2D eigenvalue weighted by Gasteiger charge is 2.14. The van der Waals surface area contributed by atoms with Crippen LogP contribution in [0.3, 0.4) is 0 Å². The minimum atomic E-state index is -0.135. The van der Waals surface area contributed by atoms with Gasteiger partial charge < -0.3 is 10.6 Å². The summed E-state index contributed by atoms with van der Waals surface area (Å²) in [6, 6.07) is 9.15. The lowest BCUT2D eigenvalue weighted by molar-refractivity contribution is 0.0943. The van der Waals surface area contributed by atoms with Crippen LogP contribution in [-0.2, 0) is 17.3 Å². The molecule has 0 bridgehead atoms. The lowest BCUT2D eigenvalue weighted by Gasteiger charge is -2.03. The Bertz CT molecular complexity index is 970. The van der Waals surface area contributed by atoms with Crippen molar-refractivity contribution in [3.63, 3.8) is 0 Å². The van der Waals surface area contributed by atoms with E-state index < -0.39 is 0 Å². The molecule has 3 rings (SSSR count). The van der Waals surface area contributed by atoms with Gasteiger partial charge in [-0.05, 0) is 23.0 Å². The molecule has 30 heavy (non-hydrogen) atoms. The van der Waals surface area contributed by atoms with E-state index in [2.05, 4.69) is 33.1 Å². The van der Waals surface area contributed by atoms with Gasteiger partial charge >= 0.3 is 0 Å². The van der Waals surface area contributed by atoms with E-state index >= 15 is 0 Å². The summed E-state index contributed by atoms with van der Waals surface area (Å²) in [5.41, 5.74) is 1.86. The molecule has 2 heterocycles. The molecular formula is C21H25N4O2S3+. The van der Waals surface area contributed by atoms with E-state index in [-0.39, 0.29) is 11.8 Å². The number of aromatic nitrogens is 2. The van der Waals surface area contributed by atoms with Crippen molar-refractivity contribution in [2.75, 3.05) is 31.4 Å². The Morgan fingerprint density at radius 3 is 2.50 bits per heavy atom. The molecule has 0 fully saturated rings. The van der Waals surface area contributed by atoms with Gasteiger partial charge in [0, 0.05) is 42.3 Å². The highest BCUT2D eigenvalue weighted by molar-refractivity contribution is 7.95. The summed E-state index contributed by atoms with van der Waals surface area (Å²) in [6.07, 6.45) is 6.04. The zero-order chi connectivity index (χ0) is 21.3. The Hall–Kier alpha value is -2.23. The summed E-state index contributed by atoms with van der Waals surface area (Å²) < 4.78 is 0. The fourth-order valence-corrected chi connectivity index (χ4v) is 4.99. The molecule has 0 spiro atoms. The number of amides is 2. The van der Waals surface area contributed by atoms with E-state index in [1.807, 2.05) is 23.6 Å². The minimum absolute atomic E-state index is 0.0863. The van der Waals surface area contributed by atoms with Crippen molar-refractivity contribution in [2.45, 2.75) is 12.8 Å². The fraction of sp³-hybridized carbons (Fsp3) is 0.333. The summed E-state index contributed by atoms with van der Waals surface area (Å²) in [7, 11) is 0.396. The number of hydrogen-bond acceptors (Lipinski definition) is 6. The second kappa shape index (κ2) is 11.2. The van der Waals surface area contributed by atoms with Crippen LogP contribution in [0.15, 0.2) is 41.1 Å². The topological polar surface area (TPSA) is 84.0 Å². The number of benzene rings is 1. The standard InChI is InChI=1S/C21H24N4O2S3/c1-30(2)12-6-10-22-20(27)16-13-29-21(25-16)17-14-28-18(24-17)9-11-23-19(26)15-7-4-3-5-8-15/h3-5,7-8,13-14H,6,9-12H2,1-2H3,(H-,22,23,26,27)/p+1. The van der Waals surface area contributed by atoms with Gasteiger partial charge in [-0.3, -0.25) is 9.59 Å². The van der Waals surface area contributed by atoms with Gasteiger partial charge in [-0.1, -0.05) is 18.2 Å². The van der Waals surface area contributed by atoms with Crippen molar-refractivity contribution in [3.05, 3.63) is 57.4 Å². The maximum atomic E-state index is 12.2. The molecule has 0 atom stereocenters. The van der Waals surface area contributed by atoms with Gasteiger partial charge in [-0.25, -0.2) is 9.97 Å². The van der Waals surface area contributed by atoms with Gasteiger partial charge in [-0.2, -0.15) is 0 Å². The molecule has 0 unspecified atom stereocenters. The molecule has 0 aliphatic carbocycles. The third kappa shape index (κ3) is 6.65. The SMILES string of the molecule is C[S+](C)CCCNC(=O)c1csc(-c2csc(CCNC(=O)c3ccccc3)n2)n1. The highest BCUT2D eigenvalue weighted by Crippen LogP contribution is 2.25. The fourth-order valence-electron chi connectivity index (χ4n) is 2.65. The molecule has 0 saturated carbocycles. The second-order valence-electron chi connectivity index (χ2n) is 6.84. The van der Waals surface area contributed by atoms with Crippen LogP contribution in [0, 0.1) is 0 Å². The van der Waals surface area contributed by atoms with Crippen molar-refractivity contribution in [2.24, 2.45) is 0 Å². The summed E-state index contributed by atoms with van der Waals surface area (Å²) in [6.45, 7) is 1.19. The van der Waals surface area contributed by atoms with Gasteiger partial charge in [0.2, 0.25) is 0 Å². The number of thiazole rings is 2. The van der Waals surface area contributed by atoms with E-state index in [0.717, 1.165) is 27.9 Å². The first-order chi connectivity index (χ1) is 14.5. The average Bonchev–Trinajstić information content (AvgIpc) is 3.41. The van der Waals surface area contributed by atoms with Gasteiger partial charge in [0.05, 0.1) is 17.5 Å². The first-order valence-electron chi connectivity index (χ1n) is 9.59. The van der Waals surface area contributed by atoms with Gasteiger partial charge in [-0.15, -0.1) is 22.7 Å². The Morgan fingerprint density at radius 2 is 1.73 bits per heavy atom. The van der Waals surface area contributed by atoms with Crippen molar-refractivity contribution in [3.8, 4) is 10.7 Å². The molecule has 0 aliphatic heterocycles. The summed E-state index contributed by atoms with van der Waals surface area (Å²) in [5, 5.41) is 11.2. The van der Waals surface area contributed by atoms with Crippen LogP contribution in [0.4, 0.5) is 0 Å². The van der Waals surface area contributed by atoms with E-state index in [9.17, 15) is 9.59 Å². The molecule has 2 amide bonds. The number of carbonyl (C=O) groups is 2. The van der Waals surface area contributed by atoms with Crippen molar-refractivity contribution in [1.29, 1.82) is 0 Å². The monoisotopic (exact) mass is 461 g/mol. The normalized spacial score (nSPS) is 10.9. The van der Waals surface area contributed by atoms with Crippen LogP contribution in [-0.4, -0.2) is 53.1 Å². The Balaban J connectivity index is 1.48. The quantitative estimate of drug-likeness (QED) is 0.359. The van der Waals surface area contributed by atoms with E-state index in [1.165, 1.54) is 22.7 Å². The van der Waals surface area contributed by atoms with E-state index in [4.69, 9.17) is 0 Å². The van der Waals surface area contributed by atoms with Gasteiger partial charge in [0.1, 0.15) is 22.1 Å². The molecule has 158 valence electrons. The molecule has 2 N–H and O–H groups in total. The molecule has 3 aromatic rings. The number of hydrogen-bond donors (Lipinski definition) is 2. The van der Waals surface area contributed by atoms with Crippen LogP contribution in [0.1, 0.15) is 32.3 Å². The first-order valence-corrected chi connectivity index (χ1v) is 13.6. The van der Waals surface area contributed by atoms with E-state index in [1.54, 1.807) is 17.5 Å². The maximum Gasteiger partial charge on any atom is 0.270 e. The minimum Gasteiger partial charge on any atom is -0.352 e. The maximum absolute atomic E-state index is 12.2. The Morgan fingerprint density at radius 1 is 0.967 bits per heavy atom. The highest BCUT2D eigenvalue weighted by atomic mass is 32.2. The third-order valence-electron chi connectivity index (χ3n) is 4.18. The molecule has 0 aliphatic rings. The van der Waals surface area contributed by atoms with Crippen molar-refractivity contribution < 1.29 is 9.59 Å². The zero-order valence-electron chi connectivity index (χ0n) is 17.0. The van der Waals surface area contributed by atoms with Crippen LogP contribution < -0.4 is 10.6 Å². The first kappa shape index (κ1) is 22.5. The van der Waals surface area contributed by atoms with Crippen molar-refractivity contribution in [1.82, 2.24) is 20.6 Å².